The highest BCUT2D eigenvalue weighted by Gasteiger charge is 2.31. The zero-order valence-corrected chi connectivity index (χ0v) is 13.9. The predicted molar refractivity (Wildman–Crippen MR) is 89.5 cm³/mol. The van der Waals surface area contributed by atoms with Crippen LogP contribution in [0.25, 0.3) is 0 Å². The van der Waals surface area contributed by atoms with Gasteiger partial charge in [-0.3, -0.25) is 4.90 Å². The van der Waals surface area contributed by atoms with Crippen LogP contribution in [0, 0.1) is 5.92 Å². The number of rotatable bonds is 6. The molecule has 0 bridgehead atoms. The number of nitrogens with one attached hydrogen (secondary N) is 1. The Kier molecular flexibility index (Phi) is 6.40. The smallest absolute Gasteiger partial charge is 0.0388 e. The van der Waals surface area contributed by atoms with E-state index in [0.29, 0.717) is 6.04 Å². The van der Waals surface area contributed by atoms with Gasteiger partial charge in [0.05, 0.1) is 0 Å². The van der Waals surface area contributed by atoms with E-state index >= 15 is 0 Å². The van der Waals surface area contributed by atoms with Crippen molar-refractivity contribution in [2.75, 3.05) is 32.9 Å². The van der Waals surface area contributed by atoms with Crippen molar-refractivity contribution < 1.29 is 0 Å². The van der Waals surface area contributed by atoms with Crippen molar-refractivity contribution in [3.63, 3.8) is 0 Å². The number of likely N-dealkylation sites (tertiary alicyclic amines) is 1. The van der Waals surface area contributed by atoms with Gasteiger partial charge in [0, 0.05) is 10.9 Å². The van der Waals surface area contributed by atoms with Crippen molar-refractivity contribution in [2.24, 2.45) is 5.92 Å². The van der Waals surface area contributed by atoms with Gasteiger partial charge in [-0.1, -0.05) is 19.1 Å². The molecule has 3 heteroatoms. The van der Waals surface area contributed by atoms with E-state index in [2.05, 4.69) is 54.7 Å². The molecule has 1 aromatic rings. The lowest BCUT2D eigenvalue weighted by Crippen LogP contribution is -2.42. The maximum Gasteiger partial charge on any atom is 0.0388 e. The minimum Gasteiger partial charge on any atom is -0.319 e. The summed E-state index contributed by atoms with van der Waals surface area (Å²) in [6.07, 6.45) is 6.07. The van der Waals surface area contributed by atoms with Gasteiger partial charge in [-0.25, -0.2) is 0 Å². The van der Waals surface area contributed by atoms with E-state index in [9.17, 15) is 0 Å². The lowest BCUT2D eigenvalue weighted by molar-refractivity contribution is 0.0924. The van der Waals surface area contributed by atoms with Gasteiger partial charge in [0.15, 0.2) is 0 Å². The summed E-state index contributed by atoms with van der Waals surface area (Å²) in [5.41, 5.74) is 1.50. The van der Waals surface area contributed by atoms with Crippen molar-refractivity contribution in [2.45, 2.75) is 37.1 Å². The lowest BCUT2D eigenvalue weighted by Gasteiger charge is -2.42. The number of hydrogen-bond donors (Lipinski definition) is 1. The quantitative estimate of drug-likeness (QED) is 0.803. The van der Waals surface area contributed by atoms with Crippen LogP contribution in [-0.4, -0.2) is 37.8 Å². The Morgan fingerprint density at radius 3 is 2.65 bits per heavy atom. The maximum absolute atomic E-state index is 3.39. The maximum atomic E-state index is 3.39. The van der Waals surface area contributed by atoms with Crippen molar-refractivity contribution >= 4 is 11.8 Å². The summed E-state index contributed by atoms with van der Waals surface area (Å²) in [6.45, 7) is 5.88. The van der Waals surface area contributed by atoms with Gasteiger partial charge in [0.1, 0.15) is 0 Å². The Morgan fingerprint density at radius 2 is 2.05 bits per heavy atom. The normalized spacial score (nSPS) is 23.9. The van der Waals surface area contributed by atoms with E-state index in [1.54, 1.807) is 0 Å². The van der Waals surface area contributed by atoms with E-state index in [1.165, 1.54) is 42.8 Å². The Balaban J connectivity index is 2.22. The molecule has 112 valence electrons. The molecule has 2 unspecified atom stereocenters. The van der Waals surface area contributed by atoms with Gasteiger partial charge in [0.2, 0.25) is 0 Å². The first-order chi connectivity index (χ1) is 9.80. The van der Waals surface area contributed by atoms with E-state index in [4.69, 9.17) is 0 Å². The van der Waals surface area contributed by atoms with Crippen LogP contribution in [0.4, 0.5) is 0 Å². The third-order valence-electron chi connectivity index (χ3n) is 4.29. The molecule has 0 amide bonds. The van der Waals surface area contributed by atoms with E-state index in [-0.39, 0.29) is 0 Å². The van der Waals surface area contributed by atoms with E-state index in [0.717, 1.165) is 12.5 Å². The molecule has 1 fully saturated rings. The highest BCUT2D eigenvalue weighted by Crippen LogP contribution is 2.36. The number of nitrogens with zero attached hydrogens (tertiary/aromatic N) is 1. The summed E-state index contributed by atoms with van der Waals surface area (Å²) in [4.78, 5) is 4.05. The van der Waals surface area contributed by atoms with E-state index < -0.39 is 0 Å². The average Bonchev–Trinajstić information content (AvgIpc) is 2.48. The van der Waals surface area contributed by atoms with Crippen LogP contribution in [0.2, 0.25) is 0 Å². The van der Waals surface area contributed by atoms with Crippen molar-refractivity contribution in [3.05, 3.63) is 29.8 Å². The molecule has 0 spiro atoms. The number of piperidine rings is 1. The molecular weight excluding hydrogens is 264 g/mol. The highest BCUT2D eigenvalue weighted by atomic mass is 32.2. The highest BCUT2D eigenvalue weighted by molar-refractivity contribution is 7.98. The Morgan fingerprint density at radius 1 is 1.30 bits per heavy atom. The van der Waals surface area contributed by atoms with Crippen LogP contribution in [0.5, 0.6) is 0 Å². The standard InChI is InChI=1S/C17H28N2S/c1-4-11-19-12-5-6-15(13-18-2)17(19)14-7-9-16(20-3)10-8-14/h7-10,15,17-18H,4-6,11-13H2,1-3H3. The van der Waals surface area contributed by atoms with Crippen molar-refractivity contribution in [1.29, 1.82) is 0 Å². The molecular formula is C17H28N2S. The van der Waals surface area contributed by atoms with Crippen LogP contribution < -0.4 is 5.32 Å². The second kappa shape index (κ2) is 8.06. The van der Waals surface area contributed by atoms with Crippen molar-refractivity contribution in [3.8, 4) is 0 Å². The molecule has 1 aromatic carbocycles. The van der Waals surface area contributed by atoms with Crippen LogP contribution in [0.1, 0.15) is 37.8 Å². The lowest BCUT2D eigenvalue weighted by atomic mass is 9.84. The fourth-order valence-electron chi connectivity index (χ4n) is 3.45. The van der Waals surface area contributed by atoms with Gasteiger partial charge in [-0.2, -0.15) is 0 Å². The van der Waals surface area contributed by atoms with E-state index in [1.807, 2.05) is 11.8 Å². The Hall–Kier alpha value is -0.510. The molecule has 0 aromatic heterocycles. The third-order valence-corrected chi connectivity index (χ3v) is 5.04. The first-order valence-corrected chi connectivity index (χ1v) is 9.05. The van der Waals surface area contributed by atoms with Gasteiger partial charge in [0.25, 0.3) is 0 Å². The summed E-state index contributed by atoms with van der Waals surface area (Å²) >= 11 is 1.82. The van der Waals surface area contributed by atoms with Gasteiger partial charge < -0.3 is 5.32 Å². The van der Waals surface area contributed by atoms with Crippen LogP contribution in [-0.2, 0) is 0 Å². The zero-order chi connectivity index (χ0) is 14.4. The minimum atomic E-state index is 0.590. The summed E-state index contributed by atoms with van der Waals surface area (Å²) < 4.78 is 0. The number of hydrogen-bond acceptors (Lipinski definition) is 3. The molecule has 0 radical (unpaired) electrons. The fraction of sp³-hybridized carbons (Fsp3) is 0.647. The fourth-order valence-corrected chi connectivity index (χ4v) is 3.86. The molecule has 2 rings (SSSR count). The van der Waals surface area contributed by atoms with Crippen LogP contribution >= 0.6 is 11.8 Å². The first kappa shape index (κ1) is 15.9. The predicted octanol–water partition coefficient (Wildman–Crippen LogP) is 3.79. The SMILES string of the molecule is CCCN1CCCC(CNC)C1c1ccc(SC)cc1. The summed E-state index contributed by atoms with van der Waals surface area (Å²) in [6, 6.07) is 9.82. The first-order valence-electron chi connectivity index (χ1n) is 7.82. The van der Waals surface area contributed by atoms with Gasteiger partial charge in [-0.05, 0) is 75.8 Å². The third kappa shape index (κ3) is 3.78. The van der Waals surface area contributed by atoms with Gasteiger partial charge in [-0.15, -0.1) is 11.8 Å². The Bertz CT molecular complexity index is 372. The molecule has 1 saturated heterocycles. The molecule has 1 heterocycles. The molecule has 1 aliphatic heterocycles. The second-order valence-corrected chi connectivity index (χ2v) is 6.59. The summed E-state index contributed by atoms with van der Waals surface area (Å²) in [5.74, 6) is 0.737. The molecule has 20 heavy (non-hydrogen) atoms. The number of benzene rings is 1. The molecule has 2 atom stereocenters. The van der Waals surface area contributed by atoms with Crippen molar-refractivity contribution in [1.82, 2.24) is 10.2 Å². The average molecular weight is 292 g/mol. The largest absolute Gasteiger partial charge is 0.319 e. The topological polar surface area (TPSA) is 15.3 Å². The van der Waals surface area contributed by atoms with Crippen LogP contribution in [0.3, 0.4) is 0 Å². The van der Waals surface area contributed by atoms with Gasteiger partial charge >= 0.3 is 0 Å². The Labute approximate surface area is 128 Å². The monoisotopic (exact) mass is 292 g/mol. The molecule has 1 N–H and O–H groups in total. The zero-order valence-electron chi connectivity index (χ0n) is 13.1. The molecule has 0 aliphatic carbocycles. The molecule has 2 nitrogen and oxygen atoms in total. The summed E-state index contributed by atoms with van der Waals surface area (Å²) in [7, 11) is 2.08. The second-order valence-electron chi connectivity index (χ2n) is 5.71. The number of thioether (sulfide) groups is 1. The molecule has 1 aliphatic rings. The molecule has 0 saturated carbocycles. The summed E-state index contributed by atoms with van der Waals surface area (Å²) in [5, 5.41) is 3.39. The van der Waals surface area contributed by atoms with Crippen LogP contribution in [0.15, 0.2) is 29.2 Å². The minimum absolute atomic E-state index is 0.590.